The van der Waals surface area contributed by atoms with Crippen molar-refractivity contribution in [3.63, 3.8) is 0 Å². The lowest BCUT2D eigenvalue weighted by Gasteiger charge is -2.28. The summed E-state index contributed by atoms with van der Waals surface area (Å²) in [6, 6.07) is 5.04. The normalized spacial score (nSPS) is 29.0. The van der Waals surface area contributed by atoms with Crippen LogP contribution >= 0.6 is 11.6 Å². The lowest BCUT2D eigenvalue weighted by atomic mass is 9.82. The largest absolute Gasteiger partial charge is 0.310 e. The molecule has 4 unspecified atom stereocenters. The number of nitrogens with one attached hydrogen (secondary N) is 1. The molecule has 2 fully saturated rings. The van der Waals surface area contributed by atoms with Crippen LogP contribution in [-0.2, 0) is 0 Å². The Balaban J connectivity index is 1.75. The topological polar surface area (TPSA) is 12.0 Å². The van der Waals surface area contributed by atoms with E-state index in [0.29, 0.717) is 5.02 Å². The molecule has 3 rings (SSSR count). The lowest BCUT2D eigenvalue weighted by molar-refractivity contribution is 0.276. The third kappa shape index (κ3) is 3.43. The van der Waals surface area contributed by atoms with Gasteiger partial charge in [-0.2, -0.15) is 0 Å². The summed E-state index contributed by atoms with van der Waals surface area (Å²) in [4.78, 5) is 0. The van der Waals surface area contributed by atoms with E-state index < -0.39 is 0 Å². The number of fused-ring (bicyclic) bond motifs is 2. The van der Waals surface area contributed by atoms with Crippen LogP contribution in [0.5, 0.6) is 0 Å². The van der Waals surface area contributed by atoms with Crippen molar-refractivity contribution in [2.24, 2.45) is 17.8 Å². The summed E-state index contributed by atoms with van der Waals surface area (Å²) in [5.41, 5.74) is 0.749. The van der Waals surface area contributed by atoms with Crippen molar-refractivity contribution in [2.75, 3.05) is 6.54 Å². The Morgan fingerprint density at radius 1 is 1.33 bits per heavy atom. The van der Waals surface area contributed by atoms with E-state index in [2.05, 4.69) is 12.2 Å². The van der Waals surface area contributed by atoms with Gasteiger partial charge in [0.05, 0.1) is 0 Å². The first-order chi connectivity index (χ1) is 10.2. The van der Waals surface area contributed by atoms with Gasteiger partial charge in [0.25, 0.3) is 0 Å². The van der Waals surface area contributed by atoms with Gasteiger partial charge in [0, 0.05) is 16.6 Å². The second kappa shape index (κ2) is 6.66. The third-order valence-corrected chi connectivity index (χ3v) is 5.63. The molecule has 2 aliphatic carbocycles. The smallest absolute Gasteiger partial charge is 0.128 e. The Hall–Kier alpha value is -0.600. The molecule has 4 atom stereocenters. The number of halogens is 2. The predicted molar refractivity (Wildman–Crippen MR) is 86.0 cm³/mol. The Morgan fingerprint density at radius 3 is 2.86 bits per heavy atom. The Morgan fingerprint density at radius 2 is 2.19 bits per heavy atom. The molecule has 1 N–H and O–H groups in total. The maximum atomic E-state index is 14.2. The van der Waals surface area contributed by atoms with Gasteiger partial charge in [-0.25, -0.2) is 4.39 Å². The average Bonchev–Trinajstić information content (AvgIpc) is 3.08. The first-order valence-electron chi connectivity index (χ1n) is 8.35. The molecule has 0 radical (unpaired) electrons. The minimum absolute atomic E-state index is 0.105. The van der Waals surface area contributed by atoms with E-state index in [-0.39, 0.29) is 11.9 Å². The molecule has 1 aromatic rings. The lowest BCUT2D eigenvalue weighted by Crippen LogP contribution is -2.27. The van der Waals surface area contributed by atoms with E-state index in [1.807, 2.05) is 0 Å². The van der Waals surface area contributed by atoms with Crippen molar-refractivity contribution in [2.45, 2.75) is 51.5 Å². The minimum Gasteiger partial charge on any atom is -0.310 e. The number of hydrogen-bond donors (Lipinski definition) is 1. The molecule has 0 saturated heterocycles. The monoisotopic (exact) mass is 309 g/mol. The van der Waals surface area contributed by atoms with Crippen molar-refractivity contribution in [3.05, 3.63) is 34.6 Å². The average molecular weight is 310 g/mol. The van der Waals surface area contributed by atoms with Gasteiger partial charge in [0.15, 0.2) is 0 Å². The molecular weight excluding hydrogens is 285 g/mol. The van der Waals surface area contributed by atoms with Crippen LogP contribution in [0.15, 0.2) is 18.2 Å². The van der Waals surface area contributed by atoms with Crippen LogP contribution in [0, 0.1) is 23.6 Å². The standard InChI is InChI=1S/C18H25ClFN/c1-2-7-21-18(16-11-15(19)5-6-17(16)20)10-14-9-12-3-4-13(14)8-12/h5-6,11-14,18,21H,2-4,7-10H2,1H3. The van der Waals surface area contributed by atoms with Gasteiger partial charge in [-0.3, -0.25) is 0 Å². The molecule has 0 aliphatic heterocycles. The fraction of sp³-hybridized carbons (Fsp3) is 0.667. The van der Waals surface area contributed by atoms with Crippen LogP contribution in [0.4, 0.5) is 4.39 Å². The van der Waals surface area contributed by atoms with Crippen LogP contribution in [0.3, 0.4) is 0 Å². The van der Waals surface area contributed by atoms with Gasteiger partial charge in [-0.1, -0.05) is 24.9 Å². The first-order valence-corrected chi connectivity index (χ1v) is 8.73. The minimum atomic E-state index is -0.129. The van der Waals surface area contributed by atoms with Crippen molar-refractivity contribution in [1.29, 1.82) is 0 Å². The first kappa shape index (κ1) is 15.3. The zero-order valence-electron chi connectivity index (χ0n) is 12.7. The van der Waals surface area contributed by atoms with E-state index in [1.54, 1.807) is 12.1 Å². The molecular formula is C18H25ClFN. The van der Waals surface area contributed by atoms with Gasteiger partial charge in [0.1, 0.15) is 5.82 Å². The molecule has 2 bridgehead atoms. The van der Waals surface area contributed by atoms with Gasteiger partial charge in [-0.15, -0.1) is 0 Å². The molecule has 116 valence electrons. The molecule has 1 aromatic carbocycles. The highest BCUT2D eigenvalue weighted by Gasteiger charge is 2.40. The Bertz CT molecular complexity index is 490. The quantitative estimate of drug-likeness (QED) is 0.747. The molecule has 0 heterocycles. The maximum absolute atomic E-state index is 14.2. The summed E-state index contributed by atoms with van der Waals surface area (Å²) in [6.07, 6.45) is 7.67. The van der Waals surface area contributed by atoms with E-state index in [9.17, 15) is 4.39 Å². The summed E-state index contributed by atoms with van der Waals surface area (Å²) in [5, 5.41) is 4.17. The predicted octanol–water partition coefficient (Wildman–Crippen LogP) is 5.35. The van der Waals surface area contributed by atoms with Gasteiger partial charge in [0.2, 0.25) is 0 Å². The molecule has 3 heteroatoms. The SMILES string of the molecule is CCCNC(CC1CC2CCC1C2)c1cc(Cl)ccc1F. The number of benzene rings is 1. The highest BCUT2D eigenvalue weighted by atomic mass is 35.5. The zero-order chi connectivity index (χ0) is 14.8. The highest BCUT2D eigenvalue weighted by Crippen LogP contribution is 2.51. The molecule has 1 nitrogen and oxygen atoms in total. The second-order valence-corrected chi connectivity index (χ2v) is 7.28. The van der Waals surface area contributed by atoms with Gasteiger partial charge < -0.3 is 5.32 Å². The molecule has 0 aromatic heterocycles. The maximum Gasteiger partial charge on any atom is 0.128 e. The van der Waals surface area contributed by atoms with E-state index in [4.69, 9.17) is 11.6 Å². The van der Waals surface area contributed by atoms with Crippen LogP contribution in [0.25, 0.3) is 0 Å². The van der Waals surface area contributed by atoms with Crippen LogP contribution < -0.4 is 5.32 Å². The molecule has 2 aliphatic rings. The molecule has 2 saturated carbocycles. The third-order valence-electron chi connectivity index (χ3n) is 5.40. The van der Waals surface area contributed by atoms with Gasteiger partial charge in [-0.05, 0) is 74.6 Å². The zero-order valence-corrected chi connectivity index (χ0v) is 13.5. The van der Waals surface area contributed by atoms with Crippen molar-refractivity contribution < 1.29 is 4.39 Å². The van der Waals surface area contributed by atoms with Crippen LogP contribution in [-0.4, -0.2) is 6.54 Å². The fourth-order valence-corrected chi connectivity index (χ4v) is 4.57. The summed E-state index contributed by atoms with van der Waals surface area (Å²) in [5.74, 6) is 2.45. The molecule has 21 heavy (non-hydrogen) atoms. The summed E-state index contributed by atoms with van der Waals surface area (Å²) in [6.45, 7) is 3.08. The van der Waals surface area contributed by atoms with Gasteiger partial charge >= 0.3 is 0 Å². The van der Waals surface area contributed by atoms with E-state index in [0.717, 1.165) is 42.7 Å². The second-order valence-electron chi connectivity index (χ2n) is 6.84. The number of hydrogen-bond acceptors (Lipinski definition) is 1. The fourth-order valence-electron chi connectivity index (χ4n) is 4.39. The molecule has 0 amide bonds. The highest BCUT2D eigenvalue weighted by molar-refractivity contribution is 6.30. The summed E-state index contributed by atoms with van der Waals surface area (Å²) in [7, 11) is 0. The Labute approximate surface area is 132 Å². The van der Waals surface area contributed by atoms with E-state index >= 15 is 0 Å². The molecule has 0 spiro atoms. The van der Waals surface area contributed by atoms with Crippen molar-refractivity contribution in [1.82, 2.24) is 5.32 Å². The van der Waals surface area contributed by atoms with Crippen LogP contribution in [0.2, 0.25) is 5.02 Å². The summed E-state index contributed by atoms with van der Waals surface area (Å²) >= 11 is 6.08. The van der Waals surface area contributed by atoms with Crippen molar-refractivity contribution >= 4 is 11.6 Å². The van der Waals surface area contributed by atoms with Crippen LogP contribution in [0.1, 0.15) is 57.1 Å². The summed E-state index contributed by atoms with van der Waals surface area (Å²) < 4.78 is 14.2. The Kier molecular flexibility index (Phi) is 4.85. The van der Waals surface area contributed by atoms with E-state index in [1.165, 1.54) is 31.7 Å². The number of rotatable bonds is 6. The van der Waals surface area contributed by atoms with Crippen molar-refractivity contribution in [3.8, 4) is 0 Å².